The van der Waals surface area contributed by atoms with Crippen molar-refractivity contribution >= 4 is 34.4 Å². The lowest BCUT2D eigenvalue weighted by molar-refractivity contribution is -0.116. The van der Waals surface area contributed by atoms with Gasteiger partial charge in [0, 0.05) is 11.9 Å². The zero-order valence-electron chi connectivity index (χ0n) is 13.9. The third kappa shape index (κ3) is 3.85. The van der Waals surface area contributed by atoms with Gasteiger partial charge in [0.2, 0.25) is 5.91 Å². The second-order valence-electron chi connectivity index (χ2n) is 5.36. The standard InChI is InChI=1S/C17H17N5O2S/c1-3-25-17-18-8-12-15(21-17)19-10-22(16(12)24)9-14(23)20-13-7-5-4-6-11(13)2/h4-8,10H,3,9H2,1-2H3,(H,20,23). The molecule has 3 rings (SSSR count). The third-order valence-electron chi connectivity index (χ3n) is 3.56. The molecule has 25 heavy (non-hydrogen) atoms. The average Bonchev–Trinajstić information content (AvgIpc) is 2.60. The van der Waals surface area contributed by atoms with Crippen LogP contribution in [0, 0.1) is 6.92 Å². The van der Waals surface area contributed by atoms with Crippen molar-refractivity contribution in [2.45, 2.75) is 25.5 Å². The molecule has 0 unspecified atom stereocenters. The molecule has 0 aliphatic rings. The molecule has 2 aromatic heterocycles. The second kappa shape index (κ2) is 7.43. The fourth-order valence-corrected chi connectivity index (χ4v) is 2.84. The Labute approximate surface area is 148 Å². The van der Waals surface area contributed by atoms with Crippen molar-refractivity contribution in [2.24, 2.45) is 0 Å². The summed E-state index contributed by atoms with van der Waals surface area (Å²) in [6, 6.07) is 7.46. The second-order valence-corrected chi connectivity index (χ2v) is 6.59. The van der Waals surface area contributed by atoms with E-state index in [9.17, 15) is 9.59 Å². The van der Waals surface area contributed by atoms with Crippen LogP contribution >= 0.6 is 11.8 Å². The number of aryl methyl sites for hydroxylation is 1. The fraction of sp³-hybridized carbons (Fsp3) is 0.235. The molecule has 128 valence electrons. The van der Waals surface area contributed by atoms with Gasteiger partial charge in [0.05, 0.1) is 0 Å². The largest absolute Gasteiger partial charge is 0.324 e. The molecule has 0 spiro atoms. The molecule has 8 heteroatoms. The number of rotatable bonds is 5. The molecule has 1 N–H and O–H groups in total. The van der Waals surface area contributed by atoms with Crippen molar-refractivity contribution in [3.05, 3.63) is 52.7 Å². The van der Waals surface area contributed by atoms with Gasteiger partial charge in [0.25, 0.3) is 5.56 Å². The monoisotopic (exact) mass is 355 g/mol. The third-order valence-corrected chi connectivity index (χ3v) is 4.31. The lowest BCUT2D eigenvalue weighted by Crippen LogP contribution is -2.28. The number of carbonyl (C=O) groups excluding carboxylic acids is 1. The summed E-state index contributed by atoms with van der Waals surface area (Å²) in [5, 5.41) is 3.68. The first-order valence-electron chi connectivity index (χ1n) is 7.79. The van der Waals surface area contributed by atoms with Crippen LogP contribution < -0.4 is 10.9 Å². The number of hydrogen-bond donors (Lipinski definition) is 1. The SMILES string of the molecule is CCSc1ncc2c(=O)n(CC(=O)Nc3ccccc3C)cnc2n1. The molecule has 0 radical (unpaired) electrons. The van der Waals surface area contributed by atoms with Crippen LogP contribution in [0.1, 0.15) is 12.5 Å². The predicted molar refractivity (Wildman–Crippen MR) is 97.8 cm³/mol. The zero-order valence-corrected chi connectivity index (χ0v) is 14.7. The molecular weight excluding hydrogens is 338 g/mol. The quantitative estimate of drug-likeness (QED) is 0.558. The van der Waals surface area contributed by atoms with E-state index in [1.807, 2.05) is 38.1 Å². The van der Waals surface area contributed by atoms with Crippen LogP contribution in [0.15, 0.2) is 46.7 Å². The molecule has 0 atom stereocenters. The van der Waals surface area contributed by atoms with Crippen LogP contribution in [0.25, 0.3) is 11.0 Å². The van der Waals surface area contributed by atoms with Crippen LogP contribution in [0.3, 0.4) is 0 Å². The highest BCUT2D eigenvalue weighted by Gasteiger charge is 2.11. The molecule has 1 amide bonds. The van der Waals surface area contributed by atoms with Crippen LogP contribution in [0.4, 0.5) is 5.69 Å². The normalized spacial score (nSPS) is 10.8. The van der Waals surface area contributed by atoms with Gasteiger partial charge in [-0.1, -0.05) is 36.9 Å². The van der Waals surface area contributed by atoms with Gasteiger partial charge >= 0.3 is 0 Å². The minimum Gasteiger partial charge on any atom is -0.324 e. The van der Waals surface area contributed by atoms with Crippen molar-refractivity contribution in [2.75, 3.05) is 11.1 Å². The lowest BCUT2D eigenvalue weighted by atomic mass is 10.2. The van der Waals surface area contributed by atoms with Crippen molar-refractivity contribution in [3.8, 4) is 0 Å². The van der Waals surface area contributed by atoms with Crippen molar-refractivity contribution < 1.29 is 4.79 Å². The van der Waals surface area contributed by atoms with Crippen LogP contribution in [-0.2, 0) is 11.3 Å². The van der Waals surface area contributed by atoms with E-state index in [1.54, 1.807) is 0 Å². The number of para-hydroxylation sites is 1. The summed E-state index contributed by atoms with van der Waals surface area (Å²) < 4.78 is 1.26. The Bertz CT molecular complexity index is 986. The Morgan fingerprint density at radius 2 is 2.08 bits per heavy atom. The van der Waals surface area contributed by atoms with E-state index in [-0.39, 0.29) is 18.0 Å². The van der Waals surface area contributed by atoms with Gasteiger partial charge in [-0.25, -0.2) is 15.0 Å². The molecule has 0 saturated carbocycles. The molecule has 2 heterocycles. The number of hydrogen-bond acceptors (Lipinski definition) is 6. The molecule has 1 aromatic carbocycles. The van der Waals surface area contributed by atoms with Crippen molar-refractivity contribution in [1.29, 1.82) is 0 Å². The zero-order chi connectivity index (χ0) is 17.8. The van der Waals surface area contributed by atoms with Crippen molar-refractivity contribution in [1.82, 2.24) is 19.5 Å². The Balaban J connectivity index is 1.83. The summed E-state index contributed by atoms with van der Waals surface area (Å²) in [7, 11) is 0. The van der Waals surface area contributed by atoms with Gasteiger partial charge in [-0.3, -0.25) is 14.2 Å². The summed E-state index contributed by atoms with van der Waals surface area (Å²) in [4.78, 5) is 37.3. The summed E-state index contributed by atoms with van der Waals surface area (Å²) in [6.07, 6.45) is 2.81. The van der Waals surface area contributed by atoms with Crippen molar-refractivity contribution in [3.63, 3.8) is 0 Å². The number of nitrogens with zero attached hydrogens (tertiary/aromatic N) is 4. The number of benzene rings is 1. The minimum atomic E-state index is -0.335. The number of anilines is 1. The molecule has 7 nitrogen and oxygen atoms in total. The molecule has 0 aliphatic heterocycles. The van der Waals surface area contributed by atoms with Gasteiger partial charge < -0.3 is 5.32 Å². The van der Waals surface area contributed by atoms with E-state index >= 15 is 0 Å². The van der Waals surface area contributed by atoms with Gasteiger partial charge in [-0.15, -0.1) is 0 Å². The highest BCUT2D eigenvalue weighted by molar-refractivity contribution is 7.99. The molecular formula is C17H17N5O2S. The first-order chi connectivity index (χ1) is 12.1. The van der Waals surface area contributed by atoms with Crippen LogP contribution in [0.2, 0.25) is 0 Å². The minimum absolute atomic E-state index is 0.123. The Morgan fingerprint density at radius 1 is 1.28 bits per heavy atom. The van der Waals surface area contributed by atoms with Crippen LogP contribution in [-0.4, -0.2) is 31.2 Å². The molecule has 0 fully saturated rings. The molecule has 0 saturated heterocycles. The topological polar surface area (TPSA) is 89.8 Å². The molecule has 3 aromatic rings. The van der Waals surface area contributed by atoms with E-state index in [4.69, 9.17) is 0 Å². The summed E-state index contributed by atoms with van der Waals surface area (Å²) >= 11 is 1.48. The van der Waals surface area contributed by atoms with Gasteiger partial charge in [-0.05, 0) is 24.3 Å². The highest BCUT2D eigenvalue weighted by atomic mass is 32.2. The lowest BCUT2D eigenvalue weighted by Gasteiger charge is -2.09. The molecule has 0 bridgehead atoms. The number of nitrogens with one attached hydrogen (secondary N) is 1. The van der Waals surface area contributed by atoms with Gasteiger partial charge in [0.15, 0.2) is 10.8 Å². The Hall–Kier alpha value is -2.74. The van der Waals surface area contributed by atoms with E-state index in [1.165, 1.54) is 28.9 Å². The average molecular weight is 355 g/mol. The van der Waals surface area contributed by atoms with E-state index in [0.717, 1.165) is 17.0 Å². The summed E-state index contributed by atoms with van der Waals surface area (Å²) in [5.41, 5.74) is 1.68. The number of amides is 1. The fourth-order valence-electron chi connectivity index (χ4n) is 2.31. The maximum atomic E-state index is 12.5. The smallest absolute Gasteiger partial charge is 0.264 e. The number of thioether (sulfide) groups is 1. The van der Waals surface area contributed by atoms with E-state index in [2.05, 4.69) is 20.3 Å². The summed E-state index contributed by atoms with van der Waals surface area (Å²) in [6.45, 7) is 3.78. The van der Waals surface area contributed by atoms with Gasteiger partial charge in [0.1, 0.15) is 18.3 Å². The predicted octanol–water partition coefficient (Wildman–Crippen LogP) is 2.25. The van der Waals surface area contributed by atoms with Gasteiger partial charge in [-0.2, -0.15) is 0 Å². The number of aromatic nitrogens is 4. The molecule has 0 aliphatic carbocycles. The van der Waals surface area contributed by atoms with Crippen LogP contribution in [0.5, 0.6) is 0 Å². The maximum absolute atomic E-state index is 12.5. The first kappa shape index (κ1) is 17.1. The Morgan fingerprint density at radius 3 is 2.84 bits per heavy atom. The maximum Gasteiger partial charge on any atom is 0.264 e. The summed E-state index contributed by atoms with van der Waals surface area (Å²) in [5.74, 6) is 0.540. The number of carbonyl (C=O) groups is 1. The number of fused-ring (bicyclic) bond motifs is 1. The Kier molecular flexibility index (Phi) is 5.08. The van der Waals surface area contributed by atoms with E-state index in [0.29, 0.717) is 16.2 Å². The highest BCUT2D eigenvalue weighted by Crippen LogP contribution is 2.14. The first-order valence-corrected chi connectivity index (χ1v) is 8.77. The van der Waals surface area contributed by atoms with E-state index < -0.39 is 0 Å².